The van der Waals surface area contributed by atoms with Crippen molar-refractivity contribution in [2.24, 2.45) is 0 Å². The molecule has 0 atom stereocenters. The third-order valence-corrected chi connectivity index (χ3v) is 3.92. The van der Waals surface area contributed by atoms with Gasteiger partial charge < -0.3 is 10.6 Å². The highest BCUT2D eigenvalue weighted by atomic mass is 35.5. The van der Waals surface area contributed by atoms with E-state index >= 15 is 0 Å². The number of halogens is 3. The van der Waals surface area contributed by atoms with E-state index in [0.717, 1.165) is 12.8 Å². The van der Waals surface area contributed by atoms with E-state index in [-0.39, 0.29) is 16.9 Å². The van der Waals surface area contributed by atoms with Crippen molar-refractivity contribution in [2.45, 2.75) is 25.4 Å². The predicted octanol–water partition coefficient (Wildman–Crippen LogP) is 3.67. The normalized spacial score (nSPS) is 14.2. The van der Waals surface area contributed by atoms with Crippen molar-refractivity contribution in [1.29, 1.82) is 0 Å². The number of anilines is 2. The number of hydrogen-bond acceptors (Lipinski definition) is 4. The number of hydrogen-bond donors (Lipinski definition) is 1. The Bertz CT molecular complexity index is 636. The summed E-state index contributed by atoms with van der Waals surface area (Å²) in [5, 5.41) is 0.663. The lowest BCUT2D eigenvalue weighted by Gasteiger charge is -2.24. The van der Waals surface area contributed by atoms with Crippen LogP contribution in [0.25, 0.3) is 0 Å². The lowest BCUT2D eigenvalue weighted by atomic mass is 10.2. The molecule has 1 aromatic carbocycles. The van der Waals surface area contributed by atoms with Crippen LogP contribution in [0.4, 0.5) is 16.2 Å². The molecule has 0 saturated heterocycles. The molecule has 21 heavy (non-hydrogen) atoms. The Morgan fingerprint density at radius 2 is 2.05 bits per heavy atom. The molecular weight excluding hydrogens is 314 g/mol. The summed E-state index contributed by atoms with van der Waals surface area (Å²) in [6.45, 7) is 0.322. The van der Waals surface area contributed by atoms with Gasteiger partial charge in [-0.1, -0.05) is 29.3 Å². The topological polar surface area (TPSA) is 55.0 Å². The molecule has 1 aromatic heterocycles. The summed E-state index contributed by atoms with van der Waals surface area (Å²) in [4.78, 5) is 10.0. The Labute approximate surface area is 131 Å². The Kier molecular flexibility index (Phi) is 3.87. The Morgan fingerprint density at radius 3 is 2.67 bits per heavy atom. The number of aromatic nitrogens is 2. The van der Waals surface area contributed by atoms with Crippen molar-refractivity contribution in [3.63, 3.8) is 0 Å². The van der Waals surface area contributed by atoms with Crippen LogP contribution in [-0.2, 0) is 6.54 Å². The lowest BCUT2D eigenvalue weighted by Crippen LogP contribution is -2.27. The molecule has 1 heterocycles. The number of rotatable bonds is 4. The first-order valence-corrected chi connectivity index (χ1v) is 7.30. The maximum absolute atomic E-state index is 14.0. The molecule has 2 aromatic rings. The monoisotopic (exact) mass is 326 g/mol. The van der Waals surface area contributed by atoms with Crippen molar-refractivity contribution in [3.05, 3.63) is 45.8 Å². The summed E-state index contributed by atoms with van der Waals surface area (Å²) >= 11 is 12.0. The van der Waals surface area contributed by atoms with E-state index in [0.29, 0.717) is 29.0 Å². The lowest BCUT2D eigenvalue weighted by molar-refractivity contribution is 0.602. The highest BCUT2D eigenvalue weighted by Crippen LogP contribution is 2.34. The minimum atomic E-state index is -0.332. The number of nitrogen functional groups attached to an aromatic ring is 1. The van der Waals surface area contributed by atoms with Crippen LogP contribution in [0.1, 0.15) is 18.4 Å². The van der Waals surface area contributed by atoms with Gasteiger partial charge in [-0.25, -0.2) is 9.37 Å². The summed E-state index contributed by atoms with van der Waals surface area (Å²) in [5.74, 6) is 0.360. The van der Waals surface area contributed by atoms with Crippen LogP contribution in [0, 0.1) is 5.82 Å². The van der Waals surface area contributed by atoms with Crippen LogP contribution >= 0.6 is 23.2 Å². The van der Waals surface area contributed by atoms with Crippen LogP contribution in [0.15, 0.2) is 24.3 Å². The van der Waals surface area contributed by atoms with Gasteiger partial charge in [-0.15, -0.1) is 0 Å². The molecule has 1 saturated carbocycles. The highest BCUT2D eigenvalue weighted by molar-refractivity contribution is 6.31. The van der Waals surface area contributed by atoms with Crippen LogP contribution in [0.5, 0.6) is 0 Å². The third kappa shape index (κ3) is 3.19. The first-order valence-electron chi connectivity index (χ1n) is 6.54. The molecule has 0 spiro atoms. The van der Waals surface area contributed by atoms with E-state index in [1.807, 2.05) is 4.90 Å². The van der Waals surface area contributed by atoms with Gasteiger partial charge in [0, 0.05) is 29.2 Å². The summed E-state index contributed by atoms with van der Waals surface area (Å²) in [6, 6.07) is 6.58. The summed E-state index contributed by atoms with van der Waals surface area (Å²) in [6.07, 6.45) is 2.04. The molecule has 1 aliphatic rings. The molecule has 0 amide bonds. The van der Waals surface area contributed by atoms with Crippen molar-refractivity contribution < 1.29 is 4.39 Å². The number of benzene rings is 1. The molecule has 1 aliphatic carbocycles. The first kappa shape index (κ1) is 14.4. The first-order chi connectivity index (χ1) is 10.0. The van der Waals surface area contributed by atoms with E-state index in [9.17, 15) is 4.39 Å². The van der Waals surface area contributed by atoms with Gasteiger partial charge in [0.1, 0.15) is 16.8 Å². The molecule has 0 aliphatic heterocycles. The largest absolute Gasteiger partial charge is 0.368 e. The quantitative estimate of drug-likeness (QED) is 0.871. The van der Waals surface area contributed by atoms with E-state index in [1.165, 1.54) is 6.07 Å². The minimum absolute atomic E-state index is 0.0998. The molecule has 4 nitrogen and oxygen atoms in total. The van der Waals surface area contributed by atoms with Gasteiger partial charge in [0.2, 0.25) is 5.95 Å². The highest BCUT2D eigenvalue weighted by Gasteiger charge is 2.31. The third-order valence-electron chi connectivity index (χ3n) is 3.37. The maximum atomic E-state index is 14.0. The van der Waals surface area contributed by atoms with Crippen LogP contribution in [0.3, 0.4) is 0 Å². The molecule has 0 unspecified atom stereocenters. The van der Waals surface area contributed by atoms with Gasteiger partial charge in [-0.05, 0) is 25.0 Å². The van der Waals surface area contributed by atoms with Crippen molar-refractivity contribution in [2.75, 3.05) is 10.6 Å². The fraction of sp³-hybridized carbons (Fsp3) is 0.286. The smallest absolute Gasteiger partial charge is 0.223 e. The van der Waals surface area contributed by atoms with Gasteiger partial charge in [-0.2, -0.15) is 4.98 Å². The van der Waals surface area contributed by atoms with Gasteiger partial charge in [0.05, 0.1) is 0 Å². The van der Waals surface area contributed by atoms with E-state index in [2.05, 4.69) is 9.97 Å². The summed E-state index contributed by atoms with van der Waals surface area (Å²) in [5.41, 5.74) is 6.08. The predicted molar refractivity (Wildman–Crippen MR) is 82.1 cm³/mol. The zero-order valence-electron chi connectivity index (χ0n) is 11.1. The second-order valence-corrected chi connectivity index (χ2v) is 5.76. The summed E-state index contributed by atoms with van der Waals surface area (Å²) in [7, 11) is 0. The maximum Gasteiger partial charge on any atom is 0.223 e. The molecule has 7 heteroatoms. The second-order valence-electron chi connectivity index (χ2n) is 4.97. The van der Waals surface area contributed by atoms with Gasteiger partial charge in [0.15, 0.2) is 0 Å². The SMILES string of the molecule is Nc1nc(Cl)cc(N(Cc2c(F)cccc2Cl)C2CC2)n1. The minimum Gasteiger partial charge on any atom is -0.368 e. The Morgan fingerprint density at radius 1 is 1.29 bits per heavy atom. The van der Waals surface area contributed by atoms with E-state index in [1.54, 1.807) is 18.2 Å². The van der Waals surface area contributed by atoms with Gasteiger partial charge in [-0.3, -0.25) is 0 Å². The average molecular weight is 327 g/mol. The Balaban J connectivity index is 1.95. The van der Waals surface area contributed by atoms with E-state index in [4.69, 9.17) is 28.9 Å². The van der Waals surface area contributed by atoms with E-state index < -0.39 is 0 Å². The molecule has 3 rings (SSSR count). The fourth-order valence-corrected chi connectivity index (χ4v) is 2.61. The standard InChI is InChI=1S/C14H13Cl2FN4/c15-10-2-1-3-11(17)9(10)7-21(8-4-5-8)13-6-12(16)19-14(18)20-13/h1-3,6,8H,4-5,7H2,(H2,18,19,20). The van der Waals surface area contributed by atoms with Crippen molar-refractivity contribution >= 4 is 35.0 Å². The molecule has 110 valence electrons. The molecule has 0 radical (unpaired) electrons. The molecule has 0 bridgehead atoms. The molecule has 2 N–H and O–H groups in total. The van der Waals surface area contributed by atoms with Gasteiger partial charge in [0.25, 0.3) is 0 Å². The average Bonchev–Trinajstić information content (AvgIpc) is 3.21. The zero-order chi connectivity index (χ0) is 15.0. The zero-order valence-corrected chi connectivity index (χ0v) is 12.6. The second kappa shape index (κ2) is 5.66. The van der Waals surface area contributed by atoms with Crippen molar-refractivity contribution in [3.8, 4) is 0 Å². The number of nitrogens with two attached hydrogens (primary N) is 1. The van der Waals surface area contributed by atoms with Crippen LogP contribution < -0.4 is 10.6 Å². The molecule has 1 fully saturated rings. The fourth-order valence-electron chi connectivity index (χ4n) is 2.21. The van der Waals surface area contributed by atoms with Crippen LogP contribution in [0.2, 0.25) is 10.2 Å². The van der Waals surface area contributed by atoms with Crippen LogP contribution in [-0.4, -0.2) is 16.0 Å². The molecular formula is C14H13Cl2FN4. The summed E-state index contributed by atoms with van der Waals surface area (Å²) < 4.78 is 14.0. The number of nitrogens with zero attached hydrogens (tertiary/aromatic N) is 3. The Hall–Kier alpha value is -1.59. The van der Waals surface area contributed by atoms with Crippen molar-refractivity contribution in [1.82, 2.24) is 9.97 Å². The van der Waals surface area contributed by atoms with Gasteiger partial charge >= 0.3 is 0 Å².